The van der Waals surface area contributed by atoms with Crippen molar-refractivity contribution in [1.82, 2.24) is 0 Å². The molecule has 0 bridgehead atoms. The molecule has 0 aliphatic heterocycles. The molecule has 1 fully saturated rings. The zero-order chi connectivity index (χ0) is 46.6. The second-order valence-corrected chi connectivity index (χ2v) is 20.4. The predicted molar refractivity (Wildman–Crippen MR) is 253 cm³/mol. The van der Waals surface area contributed by atoms with E-state index in [0.717, 1.165) is 57.8 Å². The normalized spacial score (nSPS) is 18.9. The second-order valence-electron chi connectivity index (χ2n) is 19.0. The van der Waals surface area contributed by atoms with Crippen molar-refractivity contribution < 1.29 is 57.1 Å². The Morgan fingerprint density at radius 1 is 0.730 bits per heavy atom. The molecule has 0 saturated heterocycles. The number of Topliss-reactive ketones (excluding diaryl/α,β-unsaturated/α-hetero) is 1. The van der Waals surface area contributed by atoms with Crippen LogP contribution in [0.5, 0.6) is 0 Å². The quantitative estimate of drug-likeness (QED) is 0.0175. The van der Waals surface area contributed by atoms with E-state index < -0.39 is 44.7 Å². The molecular weight excluding hydrogens is 822 g/mol. The van der Waals surface area contributed by atoms with Crippen LogP contribution in [0.2, 0.25) is 0 Å². The molecule has 63 heavy (non-hydrogen) atoms. The lowest BCUT2D eigenvalue weighted by atomic mass is 9.88. The third kappa shape index (κ3) is 34.1. The van der Waals surface area contributed by atoms with Crippen molar-refractivity contribution in [3.8, 4) is 0 Å². The van der Waals surface area contributed by atoms with Crippen molar-refractivity contribution in [2.24, 2.45) is 11.8 Å². The molecular formula is C50H93NO11P+. The topological polar surface area (TPSA) is 166 Å². The lowest BCUT2D eigenvalue weighted by molar-refractivity contribution is -0.870. The molecule has 0 heterocycles. The van der Waals surface area contributed by atoms with E-state index >= 15 is 0 Å². The minimum Gasteiger partial charge on any atom is -0.462 e. The Labute approximate surface area is 383 Å². The van der Waals surface area contributed by atoms with Crippen molar-refractivity contribution in [3.05, 3.63) is 24.3 Å². The van der Waals surface area contributed by atoms with Crippen LogP contribution in [0.25, 0.3) is 0 Å². The van der Waals surface area contributed by atoms with Crippen molar-refractivity contribution in [2.75, 3.05) is 47.5 Å². The number of quaternary nitrogens is 1. The molecule has 1 saturated carbocycles. The summed E-state index contributed by atoms with van der Waals surface area (Å²) >= 11 is 0. The number of allylic oxidation sites excluding steroid dienone is 3. The predicted octanol–water partition coefficient (Wildman–Crippen LogP) is 11.3. The van der Waals surface area contributed by atoms with E-state index in [0.29, 0.717) is 36.7 Å². The van der Waals surface area contributed by atoms with Crippen LogP contribution >= 0.6 is 7.82 Å². The fraction of sp³-hybridized carbons (Fsp3) is 0.860. The summed E-state index contributed by atoms with van der Waals surface area (Å²) in [6.45, 7) is 4.07. The Morgan fingerprint density at radius 2 is 1.25 bits per heavy atom. The first kappa shape index (κ1) is 59.1. The maximum Gasteiger partial charge on any atom is 0.472 e. The highest BCUT2D eigenvalue weighted by Gasteiger charge is 2.39. The van der Waals surface area contributed by atoms with Gasteiger partial charge in [0, 0.05) is 25.2 Å². The maximum absolute atomic E-state index is 12.8. The average molecular weight is 915 g/mol. The number of likely N-dealkylation sites (N-methyl/N-ethyl adjacent to an activating group) is 1. The Morgan fingerprint density at radius 3 is 1.84 bits per heavy atom. The van der Waals surface area contributed by atoms with E-state index in [1.807, 2.05) is 21.1 Å². The van der Waals surface area contributed by atoms with Gasteiger partial charge in [0.2, 0.25) is 0 Å². The molecule has 3 N–H and O–H groups in total. The molecule has 0 aromatic carbocycles. The van der Waals surface area contributed by atoms with Gasteiger partial charge in [-0.3, -0.25) is 23.4 Å². The van der Waals surface area contributed by atoms with E-state index in [1.165, 1.54) is 83.5 Å². The van der Waals surface area contributed by atoms with Gasteiger partial charge in [-0.25, -0.2) is 4.57 Å². The van der Waals surface area contributed by atoms with Crippen LogP contribution in [-0.4, -0.2) is 103 Å². The first-order valence-corrected chi connectivity index (χ1v) is 26.7. The Bertz CT molecular complexity index is 1290. The lowest BCUT2D eigenvalue weighted by Crippen LogP contribution is -2.37. The standard InChI is InChI=1S/C50H92NO11P/c1-6-8-10-11-12-13-14-15-16-17-18-19-20-21-22-23-24-25-31-35-50(56)62-44(42-61-63(57,58)60-39-38-51(3,4)5)41-59-49(55)34-30-27-26-29-33-45-46(48(54)40-47(45)53)37-36-43(52)32-28-9-7-2/h15-16,36-37,43-47,52-53H,6-14,17-35,38-42H2,1-5H3/p+1/b16-15-,37-36+/t43-,44+,45+,46+,47-/m0/s1. The van der Waals surface area contributed by atoms with Crippen LogP contribution in [0.15, 0.2) is 24.3 Å². The summed E-state index contributed by atoms with van der Waals surface area (Å²) in [5.41, 5.74) is 0. The zero-order valence-electron chi connectivity index (χ0n) is 40.5. The largest absolute Gasteiger partial charge is 0.472 e. The van der Waals surface area contributed by atoms with Gasteiger partial charge in [-0.05, 0) is 57.3 Å². The highest BCUT2D eigenvalue weighted by molar-refractivity contribution is 7.47. The average Bonchev–Trinajstić information content (AvgIpc) is 3.50. The first-order valence-electron chi connectivity index (χ1n) is 25.2. The van der Waals surface area contributed by atoms with Gasteiger partial charge in [-0.15, -0.1) is 0 Å². The first-order chi connectivity index (χ1) is 30.2. The Hall–Kier alpha value is -1.92. The fourth-order valence-electron chi connectivity index (χ4n) is 7.86. The number of carbonyl (C=O) groups is 3. The minimum atomic E-state index is -4.44. The van der Waals surface area contributed by atoms with Crippen LogP contribution in [0.1, 0.15) is 200 Å². The number of aliphatic hydroxyl groups is 2. The fourth-order valence-corrected chi connectivity index (χ4v) is 8.60. The molecule has 0 aromatic heterocycles. The molecule has 13 heteroatoms. The number of carbonyl (C=O) groups excluding carboxylic acids is 3. The van der Waals surface area contributed by atoms with Crippen molar-refractivity contribution in [1.29, 1.82) is 0 Å². The van der Waals surface area contributed by atoms with Gasteiger partial charge < -0.3 is 29.1 Å². The van der Waals surface area contributed by atoms with Crippen LogP contribution in [0.3, 0.4) is 0 Å². The summed E-state index contributed by atoms with van der Waals surface area (Å²) < 4.78 is 34.4. The highest BCUT2D eigenvalue weighted by Crippen LogP contribution is 2.43. The number of phosphoric acid groups is 1. The van der Waals surface area contributed by atoms with Gasteiger partial charge in [-0.2, -0.15) is 0 Å². The summed E-state index contributed by atoms with van der Waals surface area (Å²) in [6, 6.07) is 0. The summed E-state index contributed by atoms with van der Waals surface area (Å²) in [6.07, 6.45) is 34.1. The smallest absolute Gasteiger partial charge is 0.462 e. The number of aliphatic hydroxyl groups excluding tert-OH is 2. The molecule has 6 atom stereocenters. The molecule has 0 radical (unpaired) electrons. The maximum atomic E-state index is 12.8. The zero-order valence-corrected chi connectivity index (χ0v) is 41.4. The van der Waals surface area contributed by atoms with E-state index in [2.05, 4.69) is 26.0 Å². The SMILES string of the molecule is CCCCCCCC/C=C\CCCCCCCCCCCC(=O)O[C@H](COC(=O)CCCCCC[C@H]1[C@@H](O)CC(=O)[C@@H]1/C=C/[C@@H](O)CCCCC)COP(=O)(O)OCC[N+](C)(C)C. The summed E-state index contributed by atoms with van der Waals surface area (Å²) in [7, 11) is 1.35. The number of ketones is 1. The monoisotopic (exact) mass is 915 g/mol. The molecule has 0 aromatic rings. The number of nitrogens with zero attached hydrogens (tertiary/aromatic N) is 1. The molecule has 1 aliphatic rings. The van der Waals surface area contributed by atoms with Crippen molar-refractivity contribution in [2.45, 2.75) is 218 Å². The molecule has 1 rings (SSSR count). The molecule has 0 spiro atoms. The van der Waals surface area contributed by atoms with E-state index in [9.17, 15) is 34.1 Å². The molecule has 368 valence electrons. The van der Waals surface area contributed by atoms with Gasteiger partial charge in [0.1, 0.15) is 25.5 Å². The third-order valence-corrected chi connectivity index (χ3v) is 12.8. The third-order valence-electron chi connectivity index (χ3n) is 11.9. The molecule has 12 nitrogen and oxygen atoms in total. The minimum absolute atomic E-state index is 0.00592. The number of rotatable bonds is 42. The lowest BCUT2D eigenvalue weighted by Gasteiger charge is -2.24. The van der Waals surface area contributed by atoms with Crippen molar-refractivity contribution >= 4 is 25.5 Å². The van der Waals surface area contributed by atoms with Crippen LogP contribution in [0.4, 0.5) is 0 Å². The summed E-state index contributed by atoms with van der Waals surface area (Å²) in [4.78, 5) is 48.3. The number of hydrogen-bond acceptors (Lipinski definition) is 10. The van der Waals surface area contributed by atoms with Crippen LogP contribution in [-0.2, 0) is 37.5 Å². The molecule has 0 amide bonds. The Kier molecular flexibility index (Phi) is 34.9. The van der Waals surface area contributed by atoms with Gasteiger partial charge in [-0.1, -0.05) is 154 Å². The molecule has 1 aliphatic carbocycles. The van der Waals surface area contributed by atoms with Crippen molar-refractivity contribution in [3.63, 3.8) is 0 Å². The number of phosphoric ester groups is 1. The molecule has 1 unspecified atom stereocenters. The number of ether oxygens (including phenoxy) is 2. The highest BCUT2D eigenvalue weighted by atomic mass is 31.2. The van der Waals surface area contributed by atoms with Gasteiger partial charge in [0.15, 0.2) is 6.10 Å². The second kappa shape index (κ2) is 37.2. The summed E-state index contributed by atoms with van der Waals surface area (Å²) in [5.74, 6) is -1.51. The Balaban J connectivity index is 2.39. The number of hydrogen-bond donors (Lipinski definition) is 3. The van der Waals surface area contributed by atoms with E-state index in [4.69, 9.17) is 18.5 Å². The van der Waals surface area contributed by atoms with Gasteiger partial charge >= 0.3 is 19.8 Å². The number of esters is 2. The van der Waals surface area contributed by atoms with Gasteiger partial charge in [0.25, 0.3) is 0 Å². The van der Waals surface area contributed by atoms with Crippen LogP contribution < -0.4 is 0 Å². The number of unbranched alkanes of at least 4 members (excludes halogenated alkanes) is 20. The van der Waals surface area contributed by atoms with E-state index in [1.54, 1.807) is 12.2 Å². The summed E-state index contributed by atoms with van der Waals surface area (Å²) in [5, 5.41) is 20.8. The van der Waals surface area contributed by atoms with Crippen LogP contribution in [0, 0.1) is 11.8 Å². The van der Waals surface area contributed by atoms with Gasteiger partial charge in [0.05, 0.1) is 40.0 Å². The van der Waals surface area contributed by atoms with E-state index in [-0.39, 0.29) is 50.1 Å².